The molecule has 0 saturated heterocycles. The van der Waals surface area contributed by atoms with Crippen LogP contribution in [0.5, 0.6) is 5.75 Å². The predicted molar refractivity (Wildman–Crippen MR) is 151 cm³/mol. The monoisotopic (exact) mass is 525 g/mol. The van der Waals surface area contributed by atoms with Crippen LogP contribution >= 0.6 is 11.3 Å². The highest BCUT2D eigenvalue weighted by Crippen LogP contribution is 2.37. The van der Waals surface area contributed by atoms with Gasteiger partial charge in [0.2, 0.25) is 5.91 Å². The molecule has 0 unspecified atom stereocenters. The van der Waals surface area contributed by atoms with E-state index in [9.17, 15) is 9.59 Å². The molecular weight excluding hydrogens is 494 g/mol. The number of thiazole rings is 1. The minimum Gasteiger partial charge on any atom is -0.486 e. The quantitative estimate of drug-likeness (QED) is 0.300. The Labute approximate surface area is 227 Å². The van der Waals surface area contributed by atoms with Gasteiger partial charge in [-0.3, -0.25) is 9.59 Å². The lowest BCUT2D eigenvalue weighted by Gasteiger charge is -2.38. The first-order valence-electron chi connectivity index (χ1n) is 12.9. The molecule has 2 heterocycles. The van der Waals surface area contributed by atoms with E-state index in [1.807, 2.05) is 55.1 Å². The Balaban J connectivity index is 1.32. The summed E-state index contributed by atoms with van der Waals surface area (Å²) in [5, 5.41) is 5.34. The summed E-state index contributed by atoms with van der Waals surface area (Å²) < 4.78 is 6.12. The third-order valence-corrected chi connectivity index (χ3v) is 7.64. The molecule has 1 aliphatic heterocycles. The van der Waals surface area contributed by atoms with Crippen LogP contribution in [-0.2, 0) is 17.8 Å². The van der Waals surface area contributed by atoms with Crippen molar-refractivity contribution in [3.8, 4) is 5.75 Å². The van der Waals surface area contributed by atoms with E-state index in [4.69, 9.17) is 4.74 Å². The van der Waals surface area contributed by atoms with Gasteiger partial charge in [0, 0.05) is 24.0 Å². The van der Waals surface area contributed by atoms with E-state index in [2.05, 4.69) is 47.6 Å². The summed E-state index contributed by atoms with van der Waals surface area (Å²) in [7, 11) is 0. The second-order valence-electron chi connectivity index (χ2n) is 9.60. The van der Waals surface area contributed by atoms with E-state index in [1.165, 1.54) is 22.5 Å². The highest BCUT2D eigenvalue weighted by atomic mass is 32.1. The first kappa shape index (κ1) is 25.7. The Bertz CT molecular complexity index is 1440. The first-order valence-corrected chi connectivity index (χ1v) is 13.7. The number of hydrogen-bond acceptors (Lipinski definition) is 5. The average molecular weight is 526 g/mol. The standard InChI is InChI=1S/C31H31N3O3S/c1-4-29(35)34-16-15-22-11-14-25(17-26(22)30(34)23-9-5-20(2)6-10-23)37-18-28-33-27(19-38-28)31(36)32-24-12-7-21(3)8-13-24/h5-14,17,19,30H,4,15-16,18H2,1-3H3,(H,32,36)/t30-/m0/s1. The molecule has 38 heavy (non-hydrogen) atoms. The Morgan fingerprint density at radius 1 is 1.03 bits per heavy atom. The molecule has 3 aromatic carbocycles. The fourth-order valence-corrected chi connectivity index (χ4v) is 5.41. The maximum Gasteiger partial charge on any atom is 0.275 e. The smallest absolute Gasteiger partial charge is 0.275 e. The Hall–Kier alpha value is -3.97. The van der Waals surface area contributed by atoms with Crippen molar-refractivity contribution in [1.29, 1.82) is 0 Å². The third kappa shape index (κ3) is 5.63. The first-order chi connectivity index (χ1) is 18.4. The molecule has 0 bridgehead atoms. The van der Waals surface area contributed by atoms with Crippen molar-refractivity contribution in [2.45, 2.75) is 46.3 Å². The fourth-order valence-electron chi connectivity index (χ4n) is 4.72. The topological polar surface area (TPSA) is 71.5 Å². The van der Waals surface area contributed by atoms with Gasteiger partial charge in [-0.05, 0) is 61.2 Å². The van der Waals surface area contributed by atoms with Gasteiger partial charge < -0.3 is 15.0 Å². The van der Waals surface area contributed by atoms with Crippen molar-refractivity contribution >= 4 is 28.8 Å². The van der Waals surface area contributed by atoms with Crippen molar-refractivity contribution in [2.24, 2.45) is 0 Å². The number of aryl methyl sites for hydroxylation is 2. The maximum atomic E-state index is 12.9. The summed E-state index contributed by atoms with van der Waals surface area (Å²) >= 11 is 1.40. The number of nitrogens with one attached hydrogen (secondary N) is 1. The number of aromatic nitrogens is 1. The van der Waals surface area contributed by atoms with Crippen LogP contribution in [-0.4, -0.2) is 28.2 Å². The lowest BCUT2D eigenvalue weighted by molar-refractivity contribution is -0.132. The van der Waals surface area contributed by atoms with E-state index in [1.54, 1.807) is 5.38 Å². The fraction of sp³-hybridized carbons (Fsp3) is 0.258. The number of carbonyl (C=O) groups excluding carboxylic acids is 2. The minimum atomic E-state index is -0.244. The second-order valence-corrected chi connectivity index (χ2v) is 10.5. The van der Waals surface area contributed by atoms with E-state index < -0.39 is 0 Å². The van der Waals surface area contributed by atoms with E-state index >= 15 is 0 Å². The Morgan fingerprint density at radius 3 is 2.45 bits per heavy atom. The summed E-state index contributed by atoms with van der Waals surface area (Å²) in [5.41, 5.74) is 6.84. The number of nitrogens with zero attached hydrogens (tertiary/aromatic N) is 2. The molecule has 1 atom stereocenters. The number of amides is 2. The third-order valence-electron chi connectivity index (χ3n) is 6.82. The number of anilines is 1. The van der Waals surface area contributed by atoms with Gasteiger partial charge in [0.15, 0.2) is 0 Å². The predicted octanol–water partition coefficient (Wildman–Crippen LogP) is 6.48. The lowest BCUT2D eigenvalue weighted by atomic mass is 9.87. The molecule has 0 fully saturated rings. The Morgan fingerprint density at radius 2 is 1.74 bits per heavy atom. The molecule has 5 rings (SSSR count). The van der Waals surface area contributed by atoms with Gasteiger partial charge in [-0.1, -0.05) is 60.5 Å². The number of benzene rings is 3. The molecule has 1 aliphatic rings. The normalized spacial score (nSPS) is 14.6. The van der Waals surface area contributed by atoms with Crippen molar-refractivity contribution in [3.63, 3.8) is 0 Å². The summed E-state index contributed by atoms with van der Waals surface area (Å²) in [6.07, 6.45) is 1.29. The van der Waals surface area contributed by atoms with Gasteiger partial charge in [-0.25, -0.2) is 4.98 Å². The van der Waals surface area contributed by atoms with E-state index in [0.29, 0.717) is 24.4 Å². The van der Waals surface area contributed by atoms with Gasteiger partial charge in [0.1, 0.15) is 23.1 Å². The van der Waals surface area contributed by atoms with Crippen LogP contribution < -0.4 is 10.1 Å². The van der Waals surface area contributed by atoms with Gasteiger partial charge in [0.25, 0.3) is 5.91 Å². The molecule has 0 spiro atoms. The number of carbonyl (C=O) groups is 2. The maximum absolute atomic E-state index is 12.9. The molecule has 2 amide bonds. The molecule has 194 valence electrons. The molecule has 4 aromatic rings. The molecule has 0 aliphatic carbocycles. The number of fused-ring (bicyclic) bond motifs is 1. The average Bonchev–Trinajstić information content (AvgIpc) is 3.42. The van der Waals surface area contributed by atoms with Crippen LogP contribution in [0.3, 0.4) is 0 Å². The SMILES string of the molecule is CCC(=O)N1CCc2ccc(OCc3nc(C(=O)Nc4ccc(C)cc4)cs3)cc2[C@@H]1c1ccc(C)cc1. The zero-order valence-electron chi connectivity index (χ0n) is 21.9. The van der Waals surface area contributed by atoms with Gasteiger partial charge in [-0.2, -0.15) is 0 Å². The van der Waals surface area contributed by atoms with Crippen molar-refractivity contribution in [1.82, 2.24) is 9.88 Å². The minimum absolute atomic E-state index is 0.145. The summed E-state index contributed by atoms with van der Waals surface area (Å²) in [6.45, 7) is 6.94. The molecule has 1 aromatic heterocycles. The summed E-state index contributed by atoms with van der Waals surface area (Å²) in [5.74, 6) is 0.617. The number of hydrogen-bond donors (Lipinski definition) is 1. The second kappa shape index (κ2) is 11.2. The van der Waals surface area contributed by atoms with Crippen LogP contribution in [0, 0.1) is 13.8 Å². The number of rotatable bonds is 7. The van der Waals surface area contributed by atoms with Crippen LogP contribution in [0.25, 0.3) is 0 Å². The largest absolute Gasteiger partial charge is 0.486 e. The van der Waals surface area contributed by atoms with Crippen LogP contribution in [0.15, 0.2) is 72.1 Å². The van der Waals surface area contributed by atoms with Gasteiger partial charge in [-0.15, -0.1) is 11.3 Å². The van der Waals surface area contributed by atoms with Crippen LogP contribution in [0.2, 0.25) is 0 Å². The molecular formula is C31H31N3O3S. The van der Waals surface area contributed by atoms with Crippen molar-refractivity contribution in [2.75, 3.05) is 11.9 Å². The highest BCUT2D eigenvalue weighted by molar-refractivity contribution is 7.09. The van der Waals surface area contributed by atoms with E-state index in [-0.39, 0.29) is 24.5 Å². The van der Waals surface area contributed by atoms with Gasteiger partial charge in [0.05, 0.1) is 6.04 Å². The van der Waals surface area contributed by atoms with Gasteiger partial charge >= 0.3 is 0 Å². The lowest BCUT2D eigenvalue weighted by Crippen LogP contribution is -2.40. The summed E-state index contributed by atoms with van der Waals surface area (Å²) in [4.78, 5) is 31.9. The highest BCUT2D eigenvalue weighted by Gasteiger charge is 2.31. The van der Waals surface area contributed by atoms with Crippen LogP contribution in [0.1, 0.15) is 62.7 Å². The molecule has 6 nitrogen and oxygen atoms in total. The van der Waals surface area contributed by atoms with Crippen molar-refractivity contribution < 1.29 is 14.3 Å². The number of ether oxygens (including phenoxy) is 1. The zero-order chi connectivity index (χ0) is 26.6. The molecule has 7 heteroatoms. The van der Waals surface area contributed by atoms with E-state index in [0.717, 1.165) is 33.8 Å². The molecule has 0 saturated carbocycles. The van der Waals surface area contributed by atoms with Crippen molar-refractivity contribution in [3.05, 3.63) is 111 Å². The molecule has 0 radical (unpaired) electrons. The molecule has 1 N–H and O–H groups in total. The summed E-state index contributed by atoms with van der Waals surface area (Å²) in [6, 6.07) is 22.0. The van der Waals surface area contributed by atoms with Crippen LogP contribution in [0.4, 0.5) is 5.69 Å². The zero-order valence-corrected chi connectivity index (χ0v) is 22.7. The Kier molecular flexibility index (Phi) is 7.56.